The first kappa shape index (κ1) is 62.3. The van der Waals surface area contributed by atoms with Crippen molar-refractivity contribution in [3.63, 3.8) is 0 Å². The summed E-state index contributed by atoms with van der Waals surface area (Å²) in [5, 5.41) is 19.2. The highest BCUT2D eigenvalue weighted by Gasteiger charge is 2.48. The second kappa shape index (κ2) is 24.1. The lowest BCUT2D eigenvalue weighted by molar-refractivity contribution is 0.656. The van der Waals surface area contributed by atoms with E-state index < -0.39 is 5.41 Å². The summed E-state index contributed by atoms with van der Waals surface area (Å²) in [7, 11) is 0. The minimum absolute atomic E-state index is 0.119. The molecule has 2 aliphatic rings. The van der Waals surface area contributed by atoms with Crippen molar-refractivity contribution >= 4 is 92.9 Å². The molecule has 0 aliphatic heterocycles. The summed E-state index contributed by atoms with van der Waals surface area (Å²) in [5.74, 6) is 0. The molecule has 0 N–H and O–H groups in total. The Morgan fingerprint density at radius 2 is 0.648 bits per heavy atom. The van der Waals surface area contributed by atoms with Gasteiger partial charge in [0.1, 0.15) is 0 Å². The molecule has 0 radical (unpaired) electrons. The van der Waals surface area contributed by atoms with Crippen molar-refractivity contribution in [2.75, 3.05) is 0 Å². The van der Waals surface area contributed by atoms with Crippen LogP contribution in [0.5, 0.6) is 0 Å². The molecule has 16 aromatic carbocycles. The first-order chi connectivity index (χ1) is 53.3. The monoisotopic (exact) mass is 1370 g/mol. The fraction of sp³-hybridized carbons (Fsp3) is 0.0392. The number of para-hydroxylation sites is 4. The molecule has 6 nitrogen and oxygen atoms in total. The van der Waals surface area contributed by atoms with Gasteiger partial charge < -0.3 is 18.3 Å². The number of hydrogen-bond acceptors (Lipinski definition) is 1. The quantitative estimate of drug-likeness (QED) is 0.140. The number of rotatable bonds is 8. The maximum atomic E-state index is 9.44. The Kier molecular flexibility index (Phi) is 13.9. The lowest BCUT2D eigenvalue weighted by Gasteiger charge is -2.35. The smallest absolute Gasteiger partial charge is 0.189 e. The molecule has 4 aromatic heterocycles. The third-order valence-electron chi connectivity index (χ3n) is 23.3. The Morgan fingerprint density at radius 1 is 0.287 bits per heavy atom. The molecule has 504 valence electrons. The maximum Gasteiger partial charge on any atom is 0.189 e. The van der Waals surface area contributed by atoms with Crippen molar-refractivity contribution in [3.8, 4) is 73.3 Å². The first-order valence-corrected chi connectivity index (χ1v) is 37.0. The van der Waals surface area contributed by atoms with Crippen LogP contribution in [-0.2, 0) is 10.8 Å². The summed E-state index contributed by atoms with van der Waals surface area (Å²) in [6.45, 7) is 12.3. The molecule has 0 bridgehead atoms. The van der Waals surface area contributed by atoms with Crippen LogP contribution in [0.2, 0.25) is 0 Å². The normalized spacial score (nSPS) is 13.0. The predicted octanol–water partition coefficient (Wildman–Crippen LogP) is 26.2. The van der Waals surface area contributed by atoms with Crippen LogP contribution in [0.15, 0.2) is 364 Å². The third kappa shape index (κ3) is 9.11. The summed E-state index contributed by atoms with van der Waals surface area (Å²) >= 11 is 0. The van der Waals surface area contributed by atoms with Gasteiger partial charge in [0.15, 0.2) is 5.69 Å². The maximum absolute atomic E-state index is 9.44. The fourth-order valence-corrected chi connectivity index (χ4v) is 18.7. The van der Waals surface area contributed by atoms with E-state index in [1.807, 2.05) is 42.5 Å². The Balaban J connectivity index is 0.000000140. The van der Waals surface area contributed by atoms with Crippen LogP contribution in [0.4, 0.5) is 5.69 Å². The average molecular weight is 1380 g/mol. The predicted molar refractivity (Wildman–Crippen MR) is 447 cm³/mol. The minimum atomic E-state index is -0.533. The van der Waals surface area contributed by atoms with Crippen molar-refractivity contribution in [2.45, 2.75) is 24.7 Å². The lowest BCUT2D eigenvalue weighted by Crippen LogP contribution is -2.29. The van der Waals surface area contributed by atoms with Gasteiger partial charge in [0.2, 0.25) is 0 Å². The molecule has 0 unspecified atom stereocenters. The van der Waals surface area contributed by atoms with Crippen LogP contribution in [0.1, 0.15) is 52.8 Å². The highest BCUT2D eigenvalue weighted by Crippen LogP contribution is 2.59. The van der Waals surface area contributed by atoms with Crippen molar-refractivity contribution in [2.24, 2.45) is 0 Å². The van der Waals surface area contributed by atoms with Crippen LogP contribution >= 0.6 is 0 Å². The van der Waals surface area contributed by atoms with E-state index in [9.17, 15) is 5.26 Å². The van der Waals surface area contributed by atoms with Gasteiger partial charge in [-0.05, 0) is 194 Å². The number of aromatic nitrogens is 4. The summed E-state index contributed by atoms with van der Waals surface area (Å²) in [4.78, 5) is 3.69. The fourth-order valence-electron chi connectivity index (χ4n) is 18.7. The van der Waals surface area contributed by atoms with E-state index in [0.29, 0.717) is 11.3 Å². The third-order valence-corrected chi connectivity index (χ3v) is 23.3. The Bertz CT molecular complexity index is 7190. The van der Waals surface area contributed by atoms with E-state index in [2.05, 4.69) is 365 Å². The van der Waals surface area contributed by atoms with Gasteiger partial charge in [0.25, 0.3) is 0 Å². The standard InChI is InChI=1S/C56H35N3.C46H31N3/c57-36-37-26-30-42(31-27-37)58-50-23-11-8-19-44(50)47-34-38(28-32-52(47)58)39-29-33-53-48(35-39)45-20-9-12-24-51(45)59(53)54-25-13-21-46-43-18-7-10-22-49(43)56(55(46)54,40-14-3-1-4-15-40)41-16-5-2-6-17-41;1-46(2)39-18-7-4-14-33(39)36-17-11-21-44(45(36)46)49-41-20-9-6-16-35(41)38-27-30(23-25-43(38)49)29-22-24-42-37(26-29)34-15-5-8-19-40(34)48(42)32-13-10-12-31(28-32)47-3/h1-35H;4-28H,1-2H3. The molecule has 0 spiro atoms. The topological polar surface area (TPSA) is 47.9 Å². The van der Waals surface area contributed by atoms with Gasteiger partial charge in [-0.25, -0.2) is 4.85 Å². The molecule has 108 heavy (non-hydrogen) atoms. The van der Waals surface area contributed by atoms with Gasteiger partial charge in [-0.2, -0.15) is 5.26 Å². The summed E-state index contributed by atoms with van der Waals surface area (Å²) < 4.78 is 9.56. The molecular formula is C102H66N6. The zero-order chi connectivity index (χ0) is 71.9. The lowest BCUT2D eigenvalue weighted by atomic mass is 9.67. The van der Waals surface area contributed by atoms with Gasteiger partial charge in [-0.3, -0.25) is 0 Å². The largest absolute Gasteiger partial charge is 0.311 e. The van der Waals surface area contributed by atoms with Crippen LogP contribution in [0, 0.1) is 17.9 Å². The Hall–Kier alpha value is -14.3. The SMILES string of the molecule is N#Cc1ccc(-n2c3ccccc3c3cc(-c4ccc5c(c4)c4ccccc4n5-c4cccc5c4C(c4ccccc4)(c4ccccc4)c4ccccc4-5)ccc32)cc1.[C-]#[N+]c1cccc(-n2c3ccccc3c3cc(-c4ccc5c(c4)c4ccccc4n5-c4cccc5c4C(C)(C)c4ccccc4-5)ccc32)c1. The second-order valence-electron chi connectivity index (χ2n) is 29.2. The number of nitrogens with zero attached hydrogens (tertiary/aromatic N) is 6. The van der Waals surface area contributed by atoms with Crippen molar-refractivity contribution in [1.82, 2.24) is 18.3 Å². The number of fused-ring (bicyclic) bond motifs is 18. The van der Waals surface area contributed by atoms with Crippen molar-refractivity contribution in [3.05, 3.63) is 414 Å². The molecule has 0 atom stereocenters. The molecule has 0 saturated carbocycles. The molecule has 20 aromatic rings. The van der Waals surface area contributed by atoms with E-state index in [0.717, 1.165) is 33.4 Å². The van der Waals surface area contributed by atoms with E-state index >= 15 is 0 Å². The first-order valence-electron chi connectivity index (χ1n) is 37.0. The molecule has 6 heteroatoms. The zero-order valence-corrected chi connectivity index (χ0v) is 59.3. The summed E-state index contributed by atoms with van der Waals surface area (Å²) in [6.07, 6.45) is 0. The van der Waals surface area contributed by atoms with E-state index in [1.165, 1.54) is 154 Å². The second-order valence-corrected chi connectivity index (χ2v) is 29.2. The van der Waals surface area contributed by atoms with Crippen LogP contribution in [0.25, 0.3) is 159 Å². The van der Waals surface area contributed by atoms with Crippen LogP contribution in [-0.4, -0.2) is 18.3 Å². The molecule has 4 heterocycles. The molecule has 22 rings (SSSR count). The van der Waals surface area contributed by atoms with E-state index in [1.54, 1.807) is 0 Å². The van der Waals surface area contributed by atoms with Crippen molar-refractivity contribution < 1.29 is 0 Å². The average Bonchev–Trinajstić information content (AvgIpc) is 1.53. The van der Waals surface area contributed by atoms with E-state index in [4.69, 9.17) is 6.57 Å². The van der Waals surface area contributed by atoms with E-state index in [-0.39, 0.29) is 5.41 Å². The van der Waals surface area contributed by atoms with Gasteiger partial charge in [0, 0.05) is 65.4 Å². The van der Waals surface area contributed by atoms with Gasteiger partial charge >= 0.3 is 0 Å². The zero-order valence-electron chi connectivity index (χ0n) is 59.3. The molecule has 0 amide bonds. The highest BCUT2D eigenvalue weighted by molar-refractivity contribution is 6.15. The van der Waals surface area contributed by atoms with Gasteiger partial charge in [0.05, 0.1) is 79.1 Å². The molecule has 0 fully saturated rings. The minimum Gasteiger partial charge on any atom is -0.311 e. The number of benzene rings is 16. The van der Waals surface area contributed by atoms with Crippen molar-refractivity contribution in [1.29, 1.82) is 5.26 Å². The number of nitriles is 1. The van der Waals surface area contributed by atoms with Gasteiger partial charge in [-0.15, -0.1) is 0 Å². The summed E-state index contributed by atoms with van der Waals surface area (Å²) in [5.41, 5.74) is 32.2. The van der Waals surface area contributed by atoms with Crippen LogP contribution < -0.4 is 0 Å². The highest BCUT2D eigenvalue weighted by atomic mass is 15.0. The Morgan fingerprint density at radius 3 is 1.12 bits per heavy atom. The molecule has 2 aliphatic carbocycles. The summed E-state index contributed by atoms with van der Waals surface area (Å²) in [6, 6.07) is 134. The Labute approximate surface area is 624 Å². The molecule has 0 saturated heterocycles. The van der Waals surface area contributed by atoms with Gasteiger partial charge in [-0.1, -0.05) is 257 Å². The van der Waals surface area contributed by atoms with Crippen LogP contribution in [0.3, 0.4) is 0 Å². The molecular weight excluding hydrogens is 1310 g/mol. The number of hydrogen-bond donors (Lipinski definition) is 0.